The minimum absolute atomic E-state index is 0.151. The van der Waals surface area contributed by atoms with Gasteiger partial charge < -0.3 is 20.5 Å². The number of aryl methyl sites for hydroxylation is 1. The number of unbranched alkanes of at least 4 members (excludes halogenated alkanes) is 1. The minimum atomic E-state index is -1.62. The van der Waals surface area contributed by atoms with Gasteiger partial charge in [0.05, 0.1) is 5.94 Å². The van der Waals surface area contributed by atoms with E-state index < -0.39 is 13.1 Å². The van der Waals surface area contributed by atoms with Crippen LogP contribution in [-0.2, 0) is 11.2 Å². The van der Waals surface area contributed by atoms with Gasteiger partial charge in [-0.05, 0) is 49.8 Å². The van der Waals surface area contributed by atoms with Crippen LogP contribution in [0.2, 0.25) is 0 Å². The molecule has 138 valence electrons. The van der Waals surface area contributed by atoms with E-state index in [1.807, 2.05) is 21.6 Å². The summed E-state index contributed by atoms with van der Waals surface area (Å²) in [6.07, 6.45) is 4.95. The van der Waals surface area contributed by atoms with E-state index in [9.17, 15) is 19.9 Å². The number of nitrogens with one attached hydrogen (secondary N) is 1. The van der Waals surface area contributed by atoms with E-state index in [4.69, 9.17) is 0 Å². The lowest BCUT2D eigenvalue weighted by molar-refractivity contribution is -0.121. The molecule has 2 atom stereocenters. The molecule has 0 spiro atoms. The lowest BCUT2D eigenvalue weighted by Gasteiger charge is -2.18. The Labute approximate surface area is 157 Å². The molecule has 2 rings (SSSR count). The number of benzene rings is 1. The molecule has 1 fully saturated rings. The fourth-order valence-electron chi connectivity index (χ4n) is 2.83. The standard InChI is InChI=1S/C17H26BNO4S2/c1-12-10-13(6-7-15(12)20)11-16(18(22)23)19-17(21)5-3-2-4-14-8-9-24-25-14/h6-7,10,14,16,20,22-23H,2-5,8-9,11H2,1H3,(H,19,21)/t14?,16-/m1/s1. The Hall–Kier alpha value is -0.825. The highest BCUT2D eigenvalue weighted by Gasteiger charge is 2.25. The monoisotopic (exact) mass is 383 g/mol. The smallest absolute Gasteiger partial charge is 0.475 e. The van der Waals surface area contributed by atoms with Crippen molar-refractivity contribution in [1.29, 1.82) is 0 Å². The average molecular weight is 383 g/mol. The lowest BCUT2D eigenvalue weighted by atomic mass is 9.75. The van der Waals surface area contributed by atoms with Gasteiger partial charge in [-0.15, -0.1) is 0 Å². The quantitative estimate of drug-likeness (QED) is 0.298. The molecule has 0 aromatic heterocycles. The van der Waals surface area contributed by atoms with Gasteiger partial charge in [0.2, 0.25) is 5.91 Å². The van der Waals surface area contributed by atoms with Crippen LogP contribution in [0, 0.1) is 6.92 Å². The summed E-state index contributed by atoms with van der Waals surface area (Å²) in [4.78, 5) is 12.1. The zero-order chi connectivity index (χ0) is 18.2. The maximum absolute atomic E-state index is 12.1. The van der Waals surface area contributed by atoms with E-state index in [2.05, 4.69) is 5.32 Å². The Morgan fingerprint density at radius 2 is 2.20 bits per heavy atom. The molecule has 0 aliphatic carbocycles. The molecule has 1 amide bonds. The Morgan fingerprint density at radius 1 is 1.40 bits per heavy atom. The summed E-state index contributed by atoms with van der Waals surface area (Å²) in [5.41, 5.74) is 1.56. The molecule has 8 heteroatoms. The number of hydrogen-bond acceptors (Lipinski definition) is 6. The van der Waals surface area contributed by atoms with Crippen LogP contribution in [0.15, 0.2) is 18.2 Å². The van der Waals surface area contributed by atoms with E-state index in [1.54, 1.807) is 25.1 Å². The summed E-state index contributed by atoms with van der Waals surface area (Å²) in [5.74, 6) is 0.524. The van der Waals surface area contributed by atoms with Crippen LogP contribution in [0.4, 0.5) is 0 Å². The molecule has 1 aliphatic heterocycles. The Kier molecular flexibility index (Phi) is 8.48. The second-order valence-corrected chi connectivity index (χ2v) is 9.27. The summed E-state index contributed by atoms with van der Waals surface area (Å²) >= 11 is 0. The number of rotatable bonds is 9. The van der Waals surface area contributed by atoms with Crippen LogP contribution in [0.3, 0.4) is 0 Å². The van der Waals surface area contributed by atoms with Crippen LogP contribution < -0.4 is 5.32 Å². The highest BCUT2D eigenvalue weighted by atomic mass is 33.1. The highest BCUT2D eigenvalue weighted by Crippen LogP contribution is 2.39. The number of phenolic OH excluding ortho intramolecular Hbond substituents is 1. The van der Waals surface area contributed by atoms with Crippen molar-refractivity contribution in [3.05, 3.63) is 29.3 Å². The minimum Gasteiger partial charge on any atom is -0.508 e. The zero-order valence-corrected chi connectivity index (χ0v) is 16.1. The maximum atomic E-state index is 12.1. The second kappa shape index (κ2) is 10.4. The van der Waals surface area contributed by atoms with Gasteiger partial charge in [-0.3, -0.25) is 4.79 Å². The summed E-state index contributed by atoms with van der Waals surface area (Å²) in [7, 11) is 2.26. The molecule has 25 heavy (non-hydrogen) atoms. The zero-order valence-electron chi connectivity index (χ0n) is 14.5. The van der Waals surface area contributed by atoms with E-state index in [0.29, 0.717) is 12.8 Å². The third-order valence-electron chi connectivity index (χ3n) is 4.33. The molecule has 1 heterocycles. The highest BCUT2D eigenvalue weighted by molar-refractivity contribution is 8.77. The molecule has 0 radical (unpaired) electrons. The van der Waals surface area contributed by atoms with Gasteiger partial charge in [-0.25, -0.2) is 0 Å². The summed E-state index contributed by atoms with van der Waals surface area (Å²) in [6, 6.07) is 5.09. The Bertz CT molecular complexity index is 568. The molecule has 1 aromatic rings. The number of carbonyl (C=O) groups excluding carboxylic acids is 1. The normalized spacial score (nSPS) is 18.1. The van der Waals surface area contributed by atoms with E-state index in [1.165, 1.54) is 12.2 Å². The molecule has 0 bridgehead atoms. The molecule has 1 saturated heterocycles. The van der Waals surface area contributed by atoms with Crippen molar-refractivity contribution in [3.63, 3.8) is 0 Å². The molecule has 1 aliphatic rings. The number of hydrogen-bond donors (Lipinski definition) is 4. The first-order chi connectivity index (χ1) is 12.0. The van der Waals surface area contributed by atoms with Gasteiger partial charge in [-0.2, -0.15) is 0 Å². The Morgan fingerprint density at radius 3 is 2.84 bits per heavy atom. The van der Waals surface area contributed by atoms with Crippen molar-refractivity contribution in [3.8, 4) is 5.75 Å². The third kappa shape index (κ3) is 7.13. The van der Waals surface area contributed by atoms with Gasteiger partial charge in [-0.1, -0.05) is 40.1 Å². The van der Waals surface area contributed by atoms with Crippen molar-refractivity contribution in [1.82, 2.24) is 5.32 Å². The van der Waals surface area contributed by atoms with E-state index >= 15 is 0 Å². The van der Waals surface area contributed by atoms with Crippen LogP contribution in [0.5, 0.6) is 5.75 Å². The number of carbonyl (C=O) groups is 1. The fourth-order valence-corrected chi connectivity index (χ4v) is 5.86. The van der Waals surface area contributed by atoms with Crippen LogP contribution >= 0.6 is 21.6 Å². The summed E-state index contributed by atoms with van der Waals surface area (Å²) in [5, 5.41) is 32.1. The second-order valence-electron chi connectivity index (χ2n) is 6.49. The molecule has 1 aromatic carbocycles. The van der Waals surface area contributed by atoms with Gasteiger partial charge in [0.15, 0.2) is 0 Å². The first-order valence-corrected chi connectivity index (χ1v) is 11.1. The van der Waals surface area contributed by atoms with Crippen molar-refractivity contribution in [2.45, 2.75) is 56.6 Å². The van der Waals surface area contributed by atoms with E-state index in [0.717, 1.165) is 35.6 Å². The topological polar surface area (TPSA) is 89.8 Å². The predicted octanol–water partition coefficient (Wildman–Crippen LogP) is 2.45. The van der Waals surface area contributed by atoms with Crippen LogP contribution in [-0.4, -0.2) is 45.1 Å². The summed E-state index contributed by atoms with van der Waals surface area (Å²) < 4.78 is 0. The lowest BCUT2D eigenvalue weighted by Crippen LogP contribution is -2.47. The Balaban J connectivity index is 1.75. The molecule has 4 N–H and O–H groups in total. The van der Waals surface area contributed by atoms with Crippen molar-refractivity contribution < 1.29 is 19.9 Å². The maximum Gasteiger partial charge on any atom is 0.475 e. The molecule has 1 unspecified atom stereocenters. The molecular formula is C17H26BNO4S2. The number of amides is 1. The SMILES string of the molecule is Cc1cc(C[C@@H](NC(=O)CCCCC2CCSS2)B(O)O)ccc1O. The van der Waals surface area contributed by atoms with Crippen molar-refractivity contribution in [2.24, 2.45) is 0 Å². The van der Waals surface area contributed by atoms with Crippen molar-refractivity contribution >= 4 is 34.6 Å². The van der Waals surface area contributed by atoms with Gasteiger partial charge in [0.1, 0.15) is 5.75 Å². The van der Waals surface area contributed by atoms with Crippen LogP contribution in [0.25, 0.3) is 0 Å². The third-order valence-corrected chi connectivity index (χ3v) is 7.34. The van der Waals surface area contributed by atoms with Crippen LogP contribution in [0.1, 0.15) is 43.2 Å². The largest absolute Gasteiger partial charge is 0.508 e. The van der Waals surface area contributed by atoms with Gasteiger partial charge in [0, 0.05) is 17.4 Å². The number of phenols is 1. The molecule has 0 saturated carbocycles. The van der Waals surface area contributed by atoms with Gasteiger partial charge in [0.25, 0.3) is 0 Å². The average Bonchev–Trinajstić information content (AvgIpc) is 3.07. The van der Waals surface area contributed by atoms with Crippen molar-refractivity contribution in [2.75, 3.05) is 5.75 Å². The predicted molar refractivity (Wildman–Crippen MR) is 106 cm³/mol. The first-order valence-electron chi connectivity index (χ1n) is 8.68. The van der Waals surface area contributed by atoms with E-state index in [-0.39, 0.29) is 11.7 Å². The first kappa shape index (κ1) is 20.5. The number of aromatic hydroxyl groups is 1. The summed E-state index contributed by atoms with van der Waals surface area (Å²) in [6.45, 7) is 1.78. The van der Waals surface area contributed by atoms with Gasteiger partial charge >= 0.3 is 7.12 Å². The molecular weight excluding hydrogens is 357 g/mol. The fraction of sp³-hybridized carbons (Fsp3) is 0.588. The molecule has 5 nitrogen and oxygen atoms in total.